The average Bonchev–Trinajstić information content (AvgIpc) is 3.47. The van der Waals surface area contributed by atoms with Crippen LogP contribution < -0.4 is 10.6 Å². The summed E-state index contributed by atoms with van der Waals surface area (Å²) in [5.41, 5.74) is 2.20. The summed E-state index contributed by atoms with van der Waals surface area (Å²) in [7, 11) is 1.36. The minimum Gasteiger partial charge on any atom is -0.467 e. The normalized spacial score (nSPS) is 13.8. The zero-order valence-corrected chi connectivity index (χ0v) is 24.4. The van der Waals surface area contributed by atoms with Gasteiger partial charge in [0.25, 0.3) is 0 Å². The molecule has 3 N–H and O–H groups in total. The monoisotopic (exact) mass is 553 g/mol. The van der Waals surface area contributed by atoms with Gasteiger partial charge < -0.3 is 20.4 Å². The van der Waals surface area contributed by atoms with E-state index in [1.807, 2.05) is 24.6 Å². The number of esters is 1. The molecule has 3 unspecified atom stereocenters. The summed E-state index contributed by atoms with van der Waals surface area (Å²) in [5.74, 6) is 0.587. The summed E-state index contributed by atoms with van der Waals surface area (Å²) < 4.78 is 4.95. The van der Waals surface area contributed by atoms with Gasteiger partial charge in [-0.05, 0) is 40.7 Å². The van der Waals surface area contributed by atoms with Crippen molar-refractivity contribution in [3.8, 4) is 0 Å². The SMILES string of the molecule is CCC(C)C(CN(CC(=O)NC(CCSC)C(=O)OC)Cc1cccc2ccccc12)NCCc1c[nH]cn1. The Morgan fingerprint density at radius 2 is 1.97 bits per heavy atom. The Morgan fingerprint density at radius 1 is 1.18 bits per heavy atom. The van der Waals surface area contributed by atoms with Gasteiger partial charge in [-0.1, -0.05) is 62.7 Å². The smallest absolute Gasteiger partial charge is 0.328 e. The van der Waals surface area contributed by atoms with Gasteiger partial charge >= 0.3 is 5.97 Å². The topological polar surface area (TPSA) is 99.4 Å². The van der Waals surface area contributed by atoms with Crippen LogP contribution in [0.4, 0.5) is 0 Å². The number of nitrogens with zero attached hydrogens (tertiary/aromatic N) is 2. The third-order valence-electron chi connectivity index (χ3n) is 7.20. The molecule has 2 aromatic carbocycles. The van der Waals surface area contributed by atoms with E-state index in [0.717, 1.165) is 30.8 Å². The van der Waals surface area contributed by atoms with Gasteiger partial charge in [0.1, 0.15) is 6.04 Å². The number of hydrogen-bond acceptors (Lipinski definition) is 7. The summed E-state index contributed by atoms with van der Waals surface area (Å²) in [6.07, 6.45) is 7.99. The number of carbonyl (C=O) groups excluding carboxylic acids is 2. The van der Waals surface area contributed by atoms with E-state index < -0.39 is 12.0 Å². The zero-order valence-electron chi connectivity index (χ0n) is 23.6. The van der Waals surface area contributed by atoms with E-state index in [4.69, 9.17) is 4.74 Å². The molecule has 1 amide bonds. The largest absolute Gasteiger partial charge is 0.467 e. The lowest BCUT2D eigenvalue weighted by molar-refractivity contribution is -0.145. The lowest BCUT2D eigenvalue weighted by Crippen LogP contribution is -2.50. The fourth-order valence-electron chi connectivity index (χ4n) is 4.75. The van der Waals surface area contributed by atoms with Crippen LogP contribution in [0.3, 0.4) is 0 Å². The molecule has 212 valence electrons. The zero-order chi connectivity index (χ0) is 28.0. The third kappa shape index (κ3) is 9.67. The molecule has 3 aromatic rings. The number of rotatable bonds is 17. The van der Waals surface area contributed by atoms with Gasteiger partial charge in [-0.3, -0.25) is 9.69 Å². The molecule has 8 nitrogen and oxygen atoms in total. The number of benzene rings is 2. The lowest BCUT2D eigenvalue weighted by Gasteiger charge is -2.32. The van der Waals surface area contributed by atoms with E-state index in [9.17, 15) is 9.59 Å². The Hall–Kier alpha value is -2.88. The maximum atomic E-state index is 13.3. The molecule has 0 spiro atoms. The van der Waals surface area contributed by atoms with Crippen molar-refractivity contribution < 1.29 is 14.3 Å². The molecule has 0 saturated heterocycles. The Balaban J connectivity index is 1.78. The Labute approximate surface area is 236 Å². The number of nitrogens with one attached hydrogen (secondary N) is 3. The van der Waals surface area contributed by atoms with Crippen LogP contribution in [0.25, 0.3) is 10.8 Å². The summed E-state index contributed by atoms with van der Waals surface area (Å²) >= 11 is 1.64. The maximum absolute atomic E-state index is 13.3. The van der Waals surface area contributed by atoms with Crippen LogP contribution in [0, 0.1) is 5.92 Å². The Kier molecular flexibility index (Phi) is 12.8. The van der Waals surface area contributed by atoms with Crippen molar-refractivity contribution in [2.24, 2.45) is 5.92 Å². The van der Waals surface area contributed by atoms with Crippen LogP contribution in [0.2, 0.25) is 0 Å². The van der Waals surface area contributed by atoms with Crippen molar-refractivity contribution in [3.05, 3.63) is 66.2 Å². The van der Waals surface area contributed by atoms with Crippen molar-refractivity contribution in [3.63, 3.8) is 0 Å². The van der Waals surface area contributed by atoms with E-state index in [-0.39, 0.29) is 18.5 Å². The van der Waals surface area contributed by atoms with E-state index in [1.165, 1.54) is 23.4 Å². The average molecular weight is 554 g/mol. The van der Waals surface area contributed by atoms with Crippen molar-refractivity contribution in [1.82, 2.24) is 25.5 Å². The van der Waals surface area contributed by atoms with Crippen molar-refractivity contribution >= 4 is 34.4 Å². The number of hydrogen-bond donors (Lipinski definition) is 3. The first-order valence-corrected chi connectivity index (χ1v) is 15.1. The molecule has 0 saturated carbocycles. The summed E-state index contributed by atoms with van der Waals surface area (Å²) in [4.78, 5) is 35.2. The molecular formula is C30H43N5O3S. The first kappa shape index (κ1) is 30.7. The number of amides is 1. The molecule has 39 heavy (non-hydrogen) atoms. The standard InChI is InChI=1S/C30H43N5O3S/c1-5-22(2)28(32-15-13-25-17-31-21-33-25)19-35(18-24-11-8-10-23-9-6-7-12-26(23)24)20-29(36)34-27(14-16-39-4)30(37)38-3/h6-12,17,21-22,27-28,32H,5,13-16,18-20H2,1-4H3,(H,31,33)(H,34,36). The van der Waals surface area contributed by atoms with Gasteiger partial charge in [0, 0.05) is 38.3 Å². The first-order valence-electron chi connectivity index (χ1n) is 13.7. The van der Waals surface area contributed by atoms with Crippen LogP contribution in [0.5, 0.6) is 0 Å². The number of thioether (sulfide) groups is 1. The summed E-state index contributed by atoms with van der Waals surface area (Å²) in [6.45, 7) is 6.74. The molecule has 3 rings (SSSR count). The molecule has 9 heteroatoms. The van der Waals surface area contributed by atoms with Gasteiger partial charge in [0.05, 0.1) is 25.7 Å². The second-order valence-electron chi connectivity index (χ2n) is 9.99. The number of aromatic amines is 1. The van der Waals surface area contributed by atoms with E-state index in [1.54, 1.807) is 18.1 Å². The maximum Gasteiger partial charge on any atom is 0.328 e. The Morgan fingerprint density at radius 3 is 2.69 bits per heavy atom. The molecule has 0 radical (unpaired) electrons. The van der Waals surface area contributed by atoms with Gasteiger partial charge in [0.2, 0.25) is 5.91 Å². The van der Waals surface area contributed by atoms with Crippen LogP contribution in [-0.4, -0.2) is 77.6 Å². The predicted octanol–water partition coefficient (Wildman–Crippen LogP) is 4.02. The summed E-state index contributed by atoms with van der Waals surface area (Å²) in [6, 6.07) is 14.2. The highest BCUT2D eigenvalue weighted by Crippen LogP contribution is 2.21. The number of fused-ring (bicyclic) bond motifs is 1. The van der Waals surface area contributed by atoms with Crippen molar-refractivity contribution in [2.45, 2.75) is 51.7 Å². The van der Waals surface area contributed by atoms with E-state index >= 15 is 0 Å². The van der Waals surface area contributed by atoms with Gasteiger partial charge in [0.15, 0.2) is 0 Å². The molecular weight excluding hydrogens is 510 g/mol. The minimum absolute atomic E-state index is 0.175. The summed E-state index contributed by atoms with van der Waals surface area (Å²) in [5, 5.41) is 9.02. The molecule has 0 aliphatic carbocycles. The second kappa shape index (κ2) is 16.3. The molecule has 0 bridgehead atoms. The molecule has 0 aliphatic heterocycles. The highest BCUT2D eigenvalue weighted by Gasteiger charge is 2.25. The van der Waals surface area contributed by atoms with Gasteiger partial charge in [-0.2, -0.15) is 11.8 Å². The number of ether oxygens (including phenoxy) is 1. The van der Waals surface area contributed by atoms with Crippen molar-refractivity contribution in [1.29, 1.82) is 0 Å². The van der Waals surface area contributed by atoms with Crippen LogP contribution in [-0.2, 0) is 27.3 Å². The van der Waals surface area contributed by atoms with Crippen LogP contribution in [0.1, 0.15) is 37.9 Å². The minimum atomic E-state index is -0.647. The second-order valence-corrected chi connectivity index (χ2v) is 11.0. The fourth-order valence-corrected chi connectivity index (χ4v) is 5.22. The van der Waals surface area contributed by atoms with E-state index in [0.29, 0.717) is 25.4 Å². The van der Waals surface area contributed by atoms with Gasteiger partial charge in [-0.25, -0.2) is 9.78 Å². The molecule has 1 heterocycles. The number of imidazole rings is 1. The highest BCUT2D eigenvalue weighted by atomic mass is 32.2. The first-order chi connectivity index (χ1) is 18.9. The quantitative estimate of drug-likeness (QED) is 0.217. The van der Waals surface area contributed by atoms with E-state index in [2.05, 4.69) is 69.7 Å². The highest BCUT2D eigenvalue weighted by molar-refractivity contribution is 7.98. The number of H-pyrrole nitrogens is 1. The van der Waals surface area contributed by atoms with Crippen LogP contribution in [0.15, 0.2) is 55.0 Å². The molecule has 1 aromatic heterocycles. The predicted molar refractivity (Wildman–Crippen MR) is 160 cm³/mol. The number of methoxy groups -OCH3 is 1. The fraction of sp³-hybridized carbons (Fsp3) is 0.500. The molecule has 0 aliphatic rings. The van der Waals surface area contributed by atoms with Crippen molar-refractivity contribution in [2.75, 3.05) is 38.8 Å². The lowest BCUT2D eigenvalue weighted by atomic mass is 9.97. The third-order valence-corrected chi connectivity index (χ3v) is 7.84. The number of carbonyl (C=O) groups is 2. The number of aromatic nitrogens is 2. The Bertz CT molecular complexity index is 1150. The molecule has 0 fully saturated rings. The molecule has 3 atom stereocenters. The van der Waals surface area contributed by atoms with Gasteiger partial charge in [-0.15, -0.1) is 0 Å². The van der Waals surface area contributed by atoms with Crippen LogP contribution >= 0.6 is 11.8 Å².